The normalized spacial score (nSPS) is 12.4. The third-order valence-corrected chi connectivity index (χ3v) is 3.87. The molecule has 0 spiro atoms. The molecule has 1 atom stereocenters. The van der Waals surface area contributed by atoms with Gasteiger partial charge in [0.1, 0.15) is 0 Å². The molecule has 0 aliphatic carbocycles. The van der Waals surface area contributed by atoms with E-state index in [1.807, 2.05) is 36.5 Å². The first-order valence-corrected chi connectivity index (χ1v) is 7.03. The number of benzene rings is 1. The summed E-state index contributed by atoms with van der Waals surface area (Å²) in [5, 5.41) is 0.752. The van der Waals surface area contributed by atoms with Crippen LogP contribution < -0.4 is 5.73 Å². The molecular weight excluding hydrogens is 264 g/mol. The lowest BCUT2D eigenvalue weighted by Crippen LogP contribution is -2.10. The third kappa shape index (κ3) is 3.48. The Morgan fingerprint density at radius 1 is 1.17 bits per heavy atom. The number of hydrogen-bond acceptors (Lipinski definition) is 3. The number of nitrogens with zero attached hydrogens (tertiary/aromatic N) is 1. The molecule has 0 bridgehead atoms. The van der Waals surface area contributed by atoms with E-state index in [-0.39, 0.29) is 6.04 Å². The fraction of sp³-hybridized carbons (Fsp3) is 0.214. The van der Waals surface area contributed by atoms with Crippen molar-refractivity contribution in [2.24, 2.45) is 5.73 Å². The molecule has 2 aromatic rings. The predicted molar refractivity (Wildman–Crippen MR) is 77.0 cm³/mol. The predicted octanol–water partition coefficient (Wildman–Crippen LogP) is 4.30. The van der Waals surface area contributed by atoms with Crippen molar-refractivity contribution in [1.29, 1.82) is 0 Å². The van der Waals surface area contributed by atoms with Crippen LogP contribution in [0.1, 0.15) is 25.1 Å². The van der Waals surface area contributed by atoms with Crippen LogP contribution in [0.2, 0.25) is 5.02 Å². The van der Waals surface area contributed by atoms with Crippen LogP contribution in [0.3, 0.4) is 0 Å². The van der Waals surface area contributed by atoms with Gasteiger partial charge in [-0.3, -0.25) is 4.98 Å². The number of rotatable bonds is 4. The van der Waals surface area contributed by atoms with Gasteiger partial charge in [0.05, 0.1) is 5.69 Å². The van der Waals surface area contributed by atoms with Crippen LogP contribution in [0.4, 0.5) is 0 Å². The van der Waals surface area contributed by atoms with Gasteiger partial charge < -0.3 is 5.73 Å². The summed E-state index contributed by atoms with van der Waals surface area (Å²) in [6.45, 7) is 2.06. The Balaban J connectivity index is 2.08. The van der Waals surface area contributed by atoms with Crippen LogP contribution in [0.25, 0.3) is 0 Å². The van der Waals surface area contributed by atoms with Gasteiger partial charge in [0.15, 0.2) is 0 Å². The molecule has 4 heteroatoms. The minimum Gasteiger partial charge on any atom is -0.323 e. The average Bonchev–Trinajstić information content (AvgIpc) is 2.41. The van der Waals surface area contributed by atoms with Crippen molar-refractivity contribution in [3.63, 3.8) is 0 Å². The van der Waals surface area contributed by atoms with Crippen LogP contribution in [-0.4, -0.2) is 4.98 Å². The van der Waals surface area contributed by atoms with Crippen LogP contribution in [0, 0.1) is 0 Å². The average molecular weight is 279 g/mol. The Bertz CT molecular complexity index is 496. The molecule has 0 radical (unpaired) electrons. The Kier molecular flexibility index (Phi) is 4.64. The summed E-state index contributed by atoms with van der Waals surface area (Å²) in [4.78, 5) is 6.64. The molecule has 1 aromatic carbocycles. The highest BCUT2D eigenvalue weighted by Gasteiger charge is 2.05. The van der Waals surface area contributed by atoms with Gasteiger partial charge in [-0.25, -0.2) is 0 Å². The van der Waals surface area contributed by atoms with Crippen molar-refractivity contribution in [1.82, 2.24) is 4.98 Å². The highest BCUT2D eigenvalue weighted by molar-refractivity contribution is 7.99. The lowest BCUT2D eigenvalue weighted by molar-refractivity contribution is 0.674. The van der Waals surface area contributed by atoms with E-state index in [0.29, 0.717) is 0 Å². The number of aromatic nitrogens is 1. The summed E-state index contributed by atoms with van der Waals surface area (Å²) in [5.74, 6) is 0. The zero-order valence-corrected chi connectivity index (χ0v) is 11.7. The summed E-state index contributed by atoms with van der Waals surface area (Å²) < 4.78 is 0. The Hall–Kier alpha value is -1.03. The van der Waals surface area contributed by atoms with Gasteiger partial charge in [-0.15, -0.1) is 0 Å². The number of pyridine rings is 1. The monoisotopic (exact) mass is 278 g/mol. The molecular formula is C14H15ClN2S. The molecule has 2 nitrogen and oxygen atoms in total. The smallest absolute Gasteiger partial charge is 0.0571 e. The van der Waals surface area contributed by atoms with Gasteiger partial charge in [-0.1, -0.05) is 30.3 Å². The molecule has 18 heavy (non-hydrogen) atoms. The van der Waals surface area contributed by atoms with Crippen LogP contribution in [0.5, 0.6) is 0 Å². The first-order chi connectivity index (χ1) is 8.69. The molecule has 1 unspecified atom stereocenters. The van der Waals surface area contributed by atoms with Crippen molar-refractivity contribution < 1.29 is 0 Å². The van der Waals surface area contributed by atoms with E-state index >= 15 is 0 Å². The fourth-order valence-electron chi connectivity index (χ4n) is 1.52. The molecule has 0 saturated carbocycles. The van der Waals surface area contributed by atoms with Gasteiger partial charge in [-0.2, -0.15) is 0 Å². The summed E-state index contributed by atoms with van der Waals surface area (Å²) >= 11 is 7.51. The lowest BCUT2D eigenvalue weighted by Gasteiger charge is -2.08. The topological polar surface area (TPSA) is 38.9 Å². The van der Waals surface area contributed by atoms with E-state index in [4.69, 9.17) is 17.3 Å². The minimum absolute atomic E-state index is 0.0274. The van der Waals surface area contributed by atoms with Crippen molar-refractivity contribution >= 4 is 23.4 Å². The minimum atomic E-state index is 0.0274. The number of nitrogens with two attached hydrogens (primary N) is 1. The molecule has 1 aromatic heterocycles. The zero-order valence-electron chi connectivity index (χ0n) is 10.1. The molecule has 0 amide bonds. The molecule has 0 saturated heterocycles. The van der Waals surface area contributed by atoms with E-state index in [1.165, 1.54) is 0 Å². The second-order valence-corrected chi connectivity index (χ2v) is 5.57. The van der Waals surface area contributed by atoms with E-state index in [9.17, 15) is 0 Å². The Labute approximate surface area is 117 Å². The van der Waals surface area contributed by atoms with Crippen LogP contribution in [-0.2, 0) is 0 Å². The van der Waals surface area contributed by atoms with Crippen LogP contribution >= 0.6 is 23.4 Å². The van der Waals surface area contributed by atoms with E-state index < -0.39 is 0 Å². The second kappa shape index (κ2) is 6.23. The number of halogens is 1. The lowest BCUT2D eigenvalue weighted by atomic mass is 10.1. The Morgan fingerprint density at radius 3 is 2.39 bits per heavy atom. The summed E-state index contributed by atoms with van der Waals surface area (Å²) in [5.41, 5.74) is 6.87. The maximum atomic E-state index is 5.93. The first-order valence-electron chi connectivity index (χ1n) is 5.84. The molecule has 2 rings (SSSR count). The fourth-order valence-corrected chi connectivity index (χ4v) is 2.43. The molecule has 1 heterocycles. The van der Waals surface area contributed by atoms with Crippen molar-refractivity contribution in [2.75, 3.05) is 0 Å². The highest BCUT2D eigenvalue weighted by Crippen LogP contribution is 2.28. The third-order valence-electron chi connectivity index (χ3n) is 2.63. The van der Waals surface area contributed by atoms with Gasteiger partial charge >= 0.3 is 0 Å². The molecule has 0 fully saturated rings. The van der Waals surface area contributed by atoms with E-state index in [2.05, 4.69) is 18.0 Å². The van der Waals surface area contributed by atoms with E-state index in [0.717, 1.165) is 26.9 Å². The van der Waals surface area contributed by atoms with Gasteiger partial charge in [0, 0.05) is 27.1 Å². The second-order valence-electron chi connectivity index (χ2n) is 3.99. The summed E-state index contributed by atoms with van der Waals surface area (Å²) in [6, 6.07) is 11.8. The molecule has 94 valence electrons. The van der Waals surface area contributed by atoms with E-state index in [1.54, 1.807) is 11.8 Å². The summed E-state index contributed by atoms with van der Waals surface area (Å²) in [6.07, 6.45) is 2.76. The van der Waals surface area contributed by atoms with Gasteiger partial charge in [-0.05, 0) is 42.8 Å². The maximum Gasteiger partial charge on any atom is 0.0571 e. The van der Waals surface area contributed by atoms with Gasteiger partial charge in [0.2, 0.25) is 0 Å². The largest absolute Gasteiger partial charge is 0.323 e. The maximum absolute atomic E-state index is 5.93. The highest BCUT2D eigenvalue weighted by atomic mass is 35.5. The van der Waals surface area contributed by atoms with Crippen molar-refractivity contribution in [3.8, 4) is 0 Å². The van der Waals surface area contributed by atoms with Crippen molar-refractivity contribution in [2.45, 2.75) is 29.2 Å². The molecule has 0 aliphatic rings. The quantitative estimate of drug-likeness (QED) is 0.906. The van der Waals surface area contributed by atoms with Gasteiger partial charge in [0.25, 0.3) is 0 Å². The standard InChI is InChI=1S/C14H15ClN2S/c1-2-13(16)14-8-7-12(9-17-14)18-11-5-3-10(15)4-6-11/h3-9,13H,2,16H2,1H3. The first kappa shape index (κ1) is 13.4. The summed E-state index contributed by atoms with van der Waals surface area (Å²) in [7, 11) is 0. The zero-order chi connectivity index (χ0) is 13.0. The Morgan fingerprint density at radius 2 is 1.83 bits per heavy atom. The molecule has 0 aliphatic heterocycles. The van der Waals surface area contributed by atoms with Crippen LogP contribution in [0.15, 0.2) is 52.4 Å². The SMILES string of the molecule is CCC(N)c1ccc(Sc2ccc(Cl)cc2)cn1. The molecule has 2 N–H and O–H groups in total. The number of hydrogen-bond donors (Lipinski definition) is 1. The van der Waals surface area contributed by atoms with Crippen molar-refractivity contribution in [3.05, 3.63) is 53.3 Å².